The summed E-state index contributed by atoms with van der Waals surface area (Å²) < 4.78 is 81.1. The topological polar surface area (TPSA) is 534 Å². The minimum absolute atomic E-state index is 0.0217. The number of ether oxygens (including phenoxy) is 14. The molecular formula is C59H106O34. The fourth-order valence-electron chi connectivity index (χ4n) is 14.2. The smallest absolute Gasteiger partial charge is 0.186 e. The molecule has 34 nitrogen and oxygen atoms in total. The molecule has 35 atom stereocenters. The van der Waals surface area contributed by atoms with Crippen LogP contribution in [-0.2, 0) is 66.3 Å². The zero-order valence-electron chi connectivity index (χ0n) is 52.7. The third kappa shape index (κ3) is 19.0. The summed E-state index contributed by atoms with van der Waals surface area (Å²) >= 11 is 0. The van der Waals surface area contributed by atoms with Crippen molar-refractivity contribution in [2.75, 3.05) is 140 Å². The molecule has 6 saturated heterocycles. The van der Waals surface area contributed by atoms with E-state index in [-0.39, 0.29) is 65.9 Å². The van der Waals surface area contributed by atoms with Crippen molar-refractivity contribution >= 4 is 0 Å². The molecule has 0 aromatic rings. The molecule has 20 N–H and O–H groups in total. The van der Waals surface area contributed by atoms with Crippen LogP contribution in [0.4, 0.5) is 0 Å². The van der Waals surface area contributed by atoms with E-state index < -0.39 is 278 Å². The van der Waals surface area contributed by atoms with E-state index in [1.807, 2.05) is 0 Å². The summed E-state index contributed by atoms with van der Waals surface area (Å²) in [6.07, 6.45) is -34.5. The van der Waals surface area contributed by atoms with Crippen LogP contribution in [0.1, 0.15) is 19.8 Å². The van der Waals surface area contributed by atoms with Gasteiger partial charge in [-0.15, -0.1) is 0 Å². The Bertz CT molecular complexity index is 2070. The predicted octanol–water partition coefficient (Wildman–Crippen LogP) is -10.7. The van der Waals surface area contributed by atoms with E-state index in [1.165, 1.54) is 14.2 Å². The first-order valence-corrected chi connectivity index (χ1v) is 32.2. The molecule has 6 aliphatic heterocycles. The molecule has 6 heterocycles. The number of rotatable bonds is 34. The number of methoxy groups -OCH3 is 2. The Hall–Kier alpha value is -1.36. The fraction of sp³-hybridized carbons (Fsp3) is 1.00. The first-order chi connectivity index (χ1) is 44.6. The lowest BCUT2D eigenvalue weighted by Crippen LogP contribution is -2.61. The SMILES string of the molecule is CC[C@@H]1C(CO)O[C@H](COC[C@@H]2C(CO)O[C@H](COC[C@@H]3C(CO[C@H]4OC(CO)[C@@H](COC[C@H]5OC(CO)[C@@H](COC)[C@@H](O)C5O)[C@@H](O)C4O)O[C@H](COC[C@@H]4C(CO)C[C@H](COC[C@@H]5C(CO)O[C@H](COC)C(O)[C@@H]5O)C(O)[C@@H]4O)C(O)[C@@H]3O)C(O)[C@@H]2O)C(O)[C@@H]1O. The van der Waals surface area contributed by atoms with Crippen LogP contribution in [0.15, 0.2) is 0 Å². The van der Waals surface area contributed by atoms with Gasteiger partial charge in [0.25, 0.3) is 0 Å². The van der Waals surface area contributed by atoms with Crippen LogP contribution < -0.4 is 0 Å². The van der Waals surface area contributed by atoms with Gasteiger partial charge in [-0.2, -0.15) is 0 Å². The molecule has 0 aromatic carbocycles. The summed E-state index contributed by atoms with van der Waals surface area (Å²) in [5.41, 5.74) is 0. The van der Waals surface area contributed by atoms with Gasteiger partial charge in [0.05, 0.1) is 204 Å². The highest BCUT2D eigenvalue weighted by atomic mass is 16.7. The molecule has 34 heteroatoms. The molecule has 7 rings (SSSR count). The van der Waals surface area contributed by atoms with Gasteiger partial charge in [0, 0.05) is 68.2 Å². The summed E-state index contributed by atoms with van der Waals surface area (Å²) in [5.74, 6) is -7.86. The van der Waals surface area contributed by atoms with Crippen LogP contribution in [-0.4, -0.2) is 401 Å². The van der Waals surface area contributed by atoms with Crippen molar-refractivity contribution in [3.05, 3.63) is 0 Å². The van der Waals surface area contributed by atoms with Gasteiger partial charge in [-0.25, -0.2) is 0 Å². The van der Waals surface area contributed by atoms with E-state index in [2.05, 4.69) is 0 Å². The molecule has 7 fully saturated rings. The van der Waals surface area contributed by atoms with E-state index in [0.717, 1.165) is 0 Å². The van der Waals surface area contributed by atoms with Crippen molar-refractivity contribution in [2.45, 2.75) is 179 Å². The van der Waals surface area contributed by atoms with Gasteiger partial charge < -0.3 is 168 Å². The Morgan fingerprint density at radius 1 is 0.258 bits per heavy atom. The largest absolute Gasteiger partial charge is 0.396 e. The molecule has 1 saturated carbocycles. The summed E-state index contributed by atoms with van der Waals surface area (Å²) in [4.78, 5) is 0. The lowest BCUT2D eigenvalue weighted by Gasteiger charge is -2.46. The second-order valence-corrected chi connectivity index (χ2v) is 25.8. The standard InChI is InChI=1S/C59H106O34/c1-4-27-34(7-61)88-41(54(75)46(27)67)20-84-16-31-37(10-64)91-43(56(77)50(31)71)22-86-18-33-39(24-87-59-58(79)52(73)32(38(11-65)93-59)17-85-21-42-55(76)48(69)29(13-80-2)35(8-62)90-42)92-44(57(78)51(33)72)23-83-14-28-25(6-60)5-26(45(66)47(28)68)12-82-15-30-36(9-63)89-40(19-81-3)53(74)49(30)70/h25-79H,4-24H2,1-3H3/t25?,26-,27-,28-,29-,30-,31-,32-,33-,34?,35?,36?,37?,38?,39?,40-,41-,42-,43-,44-,45?,46-,47-,48-,49-,50-,51-,52-,53?,54?,55?,56?,57?,58?,59+/m1/s1. The second-order valence-electron chi connectivity index (χ2n) is 25.8. The molecule has 546 valence electrons. The van der Waals surface area contributed by atoms with Gasteiger partial charge in [0.1, 0.15) is 67.1 Å². The Morgan fingerprint density at radius 2 is 0.559 bits per heavy atom. The fourth-order valence-corrected chi connectivity index (χ4v) is 14.2. The number of aliphatic hydroxyl groups excluding tert-OH is 20. The quantitative estimate of drug-likeness (QED) is 0.0284. The Kier molecular flexibility index (Phi) is 32.2. The molecule has 0 spiro atoms. The van der Waals surface area contributed by atoms with Crippen molar-refractivity contribution in [1.82, 2.24) is 0 Å². The van der Waals surface area contributed by atoms with E-state index >= 15 is 0 Å². The van der Waals surface area contributed by atoms with Crippen molar-refractivity contribution in [3.8, 4) is 0 Å². The van der Waals surface area contributed by atoms with Gasteiger partial charge in [0.2, 0.25) is 0 Å². The van der Waals surface area contributed by atoms with Gasteiger partial charge in [0.15, 0.2) is 6.29 Å². The van der Waals surface area contributed by atoms with Crippen LogP contribution in [0.5, 0.6) is 0 Å². The molecule has 0 bridgehead atoms. The molecule has 0 amide bonds. The first kappa shape index (κ1) is 79.0. The maximum absolute atomic E-state index is 11.9. The van der Waals surface area contributed by atoms with Gasteiger partial charge >= 0.3 is 0 Å². The summed E-state index contributed by atoms with van der Waals surface area (Å²) in [6, 6.07) is 0. The third-order valence-corrected chi connectivity index (χ3v) is 20.1. The van der Waals surface area contributed by atoms with E-state index in [1.54, 1.807) is 6.92 Å². The molecule has 0 aromatic heterocycles. The minimum atomic E-state index is -1.83. The predicted molar refractivity (Wildman–Crippen MR) is 309 cm³/mol. The van der Waals surface area contributed by atoms with Crippen LogP contribution in [0.2, 0.25) is 0 Å². The van der Waals surface area contributed by atoms with Gasteiger partial charge in [-0.1, -0.05) is 6.92 Å². The number of hydrogen-bond acceptors (Lipinski definition) is 34. The van der Waals surface area contributed by atoms with E-state index in [9.17, 15) is 102 Å². The van der Waals surface area contributed by atoms with Crippen LogP contribution in [0.25, 0.3) is 0 Å². The molecular weight excluding hydrogens is 1250 g/mol. The number of hydrogen-bond donors (Lipinski definition) is 20. The summed E-state index contributed by atoms with van der Waals surface area (Å²) in [6.45, 7) is -5.64. The van der Waals surface area contributed by atoms with Crippen LogP contribution >= 0.6 is 0 Å². The second kappa shape index (κ2) is 37.9. The maximum Gasteiger partial charge on any atom is 0.186 e. The average molecular weight is 1360 g/mol. The molecule has 0 radical (unpaired) electrons. The van der Waals surface area contributed by atoms with Crippen molar-refractivity contribution in [2.24, 2.45) is 53.3 Å². The Morgan fingerprint density at radius 3 is 0.935 bits per heavy atom. The van der Waals surface area contributed by atoms with Gasteiger partial charge in [-0.3, -0.25) is 0 Å². The molecule has 93 heavy (non-hydrogen) atoms. The highest BCUT2D eigenvalue weighted by Crippen LogP contribution is 2.38. The average Bonchev–Trinajstić information content (AvgIpc) is 1.12. The first-order valence-electron chi connectivity index (χ1n) is 32.2. The zero-order chi connectivity index (χ0) is 68.0. The zero-order valence-corrected chi connectivity index (χ0v) is 52.7. The van der Waals surface area contributed by atoms with Crippen molar-refractivity contribution in [3.63, 3.8) is 0 Å². The van der Waals surface area contributed by atoms with Crippen molar-refractivity contribution < 1.29 is 168 Å². The van der Waals surface area contributed by atoms with E-state index in [4.69, 9.17) is 66.3 Å². The van der Waals surface area contributed by atoms with Crippen LogP contribution in [0.3, 0.4) is 0 Å². The summed E-state index contributed by atoms with van der Waals surface area (Å²) in [5, 5.41) is 217. The number of aliphatic hydroxyl groups is 20. The maximum atomic E-state index is 11.9. The minimum Gasteiger partial charge on any atom is -0.396 e. The molecule has 7 aliphatic rings. The Balaban J connectivity index is 0.973. The highest BCUT2D eigenvalue weighted by Gasteiger charge is 2.53. The molecule has 1 aliphatic carbocycles. The summed E-state index contributed by atoms with van der Waals surface area (Å²) in [7, 11) is 2.77. The third-order valence-electron chi connectivity index (χ3n) is 20.1. The highest BCUT2D eigenvalue weighted by molar-refractivity contribution is 4.99. The normalized spacial score (nSPS) is 46.8. The van der Waals surface area contributed by atoms with Gasteiger partial charge in [-0.05, 0) is 18.8 Å². The lowest BCUT2D eigenvalue weighted by atomic mass is 9.71. The van der Waals surface area contributed by atoms with Crippen LogP contribution in [0, 0.1) is 53.3 Å². The van der Waals surface area contributed by atoms with Crippen molar-refractivity contribution in [1.29, 1.82) is 0 Å². The lowest BCUT2D eigenvalue weighted by molar-refractivity contribution is -0.310. The molecule has 14 unspecified atom stereocenters. The monoisotopic (exact) mass is 1360 g/mol. The Labute approximate surface area is 538 Å². The van der Waals surface area contributed by atoms with E-state index in [0.29, 0.717) is 6.42 Å².